The molecule has 0 radical (unpaired) electrons. The van der Waals surface area contributed by atoms with Gasteiger partial charge in [0.25, 0.3) is 0 Å². The van der Waals surface area contributed by atoms with Crippen LogP contribution in [-0.4, -0.2) is 23.5 Å². The molecule has 2 aromatic rings. The van der Waals surface area contributed by atoms with Crippen LogP contribution in [0.15, 0.2) is 24.4 Å². The van der Waals surface area contributed by atoms with E-state index in [1.54, 1.807) is 0 Å². The van der Waals surface area contributed by atoms with Crippen molar-refractivity contribution in [3.05, 3.63) is 30.0 Å². The van der Waals surface area contributed by atoms with Gasteiger partial charge in [0.1, 0.15) is 5.75 Å². The number of alkyl halides is 1. The number of carbonyl (C=O) groups is 1. The van der Waals surface area contributed by atoms with Crippen LogP contribution in [0.4, 0.5) is 0 Å². The lowest BCUT2D eigenvalue weighted by molar-refractivity contribution is -0.118. The van der Waals surface area contributed by atoms with E-state index in [9.17, 15) is 4.79 Å². The fourth-order valence-electron chi connectivity index (χ4n) is 1.89. The van der Waals surface area contributed by atoms with Crippen LogP contribution in [0, 0.1) is 0 Å². The van der Waals surface area contributed by atoms with E-state index in [0.29, 0.717) is 6.54 Å². The molecule has 2 N–H and O–H groups in total. The van der Waals surface area contributed by atoms with Crippen molar-refractivity contribution < 1.29 is 9.53 Å². The molecular formula is C13H15ClN2O2. The molecule has 4 nitrogen and oxygen atoms in total. The van der Waals surface area contributed by atoms with Gasteiger partial charge in [-0.1, -0.05) is 11.6 Å². The minimum atomic E-state index is -0.0130. The van der Waals surface area contributed by atoms with Gasteiger partial charge in [-0.15, -0.1) is 0 Å². The van der Waals surface area contributed by atoms with Gasteiger partial charge in [0.05, 0.1) is 0 Å². The number of nitrogens with one attached hydrogen (secondary N) is 2. The van der Waals surface area contributed by atoms with Gasteiger partial charge < -0.3 is 15.0 Å². The summed E-state index contributed by atoms with van der Waals surface area (Å²) in [6, 6.07) is 5.92. The highest BCUT2D eigenvalue weighted by Crippen LogP contribution is 2.24. The molecule has 0 saturated carbocycles. The summed E-state index contributed by atoms with van der Waals surface area (Å²) >= 11 is 5.54. The molecule has 0 fully saturated rings. The fourth-order valence-corrected chi connectivity index (χ4v) is 2.02. The molecule has 1 aromatic heterocycles. The van der Waals surface area contributed by atoms with Crippen LogP contribution in [0.5, 0.6) is 5.75 Å². The van der Waals surface area contributed by atoms with Crippen molar-refractivity contribution in [1.29, 1.82) is 0 Å². The summed E-state index contributed by atoms with van der Waals surface area (Å²) < 4.78 is 5.26. The summed E-state index contributed by atoms with van der Waals surface area (Å²) in [5.74, 6) is 0.735. The van der Waals surface area contributed by atoms with E-state index in [0.717, 1.165) is 28.6 Å². The molecule has 0 saturated heterocycles. The van der Waals surface area contributed by atoms with Crippen molar-refractivity contribution in [2.45, 2.75) is 13.3 Å². The molecule has 0 aliphatic rings. The lowest BCUT2D eigenvalue weighted by Crippen LogP contribution is -2.22. The number of benzene rings is 1. The SMILES string of the molecule is CC(=O)NCCc1c[nH]c2ccc(OCCl)cc12. The van der Waals surface area contributed by atoms with Crippen LogP contribution in [0.25, 0.3) is 10.9 Å². The molecule has 0 spiro atoms. The van der Waals surface area contributed by atoms with Gasteiger partial charge in [0, 0.05) is 30.6 Å². The molecular weight excluding hydrogens is 252 g/mol. The van der Waals surface area contributed by atoms with Crippen LogP contribution in [0.1, 0.15) is 12.5 Å². The van der Waals surface area contributed by atoms with Crippen LogP contribution >= 0.6 is 11.6 Å². The summed E-state index contributed by atoms with van der Waals surface area (Å²) in [6.07, 6.45) is 2.74. The quantitative estimate of drug-likeness (QED) is 0.817. The van der Waals surface area contributed by atoms with E-state index in [2.05, 4.69) is 10.3 Å². The first-order valence-corrected chi connectivity index (χ1v) is 6.27. The van der Waals surface area contributed by atoms with E-state index < -0.39 is 0 Å². The zero-order valence-corrected chi connectivity index (χ0v) is 10.9. The number of hydrogen-bond acceptors (Lipinski definition) is 2. The maximum absolute atomic E-state index is 10.8. The third-order valence-corrected chi connectivity index (χ3v) is 2.84. The zero-order valence-electron chi connectivity index (χ0n) is 10.1. The Bertz CT molecular complexity index is 551. The zero-order chi connectivity index (χ0) is 13.0. The summed E-state index contributed by atoms with van der Waals surface area (Å²) in [5.41, 5.74) is 2.20. The first kappa shape index (κ1) is 12.8. The summed E-state index contributed by atoms with van der Waals surface area (Å²) in [6.45, 7) is 2.14. The van der Waals surface area contributed by atoms with Gasteiger partial charge in [-0.25, -0.2) is 0 Å². The Morgan fingerprint density at radius 3 is 3.06 bits per heavy atom. The second kappa shape index (κ2) is 5.78. The Kier molecular flexibility index (Phi) is 4.10. The second-order valence-electron chi connectivity index (χ2n) is 4.01. The predicted molar refractivity (Wildman–Crippen MR) is 72.0 cm³/mol. The largest absolute Gasteiger partial charge is 0.478 e. The van der Waals surface area contributed by atoms with Crippen molar-refractivity contribution in [1.82, 2.24) is 10.3 Å². The van der Waals surface area contributed by atoms with E-state index in [4.69, 9.17) is 16.3 Å². The lowest BCUT2D eigenvalue weighted by Gasteiger charge is -2.04. The number of ether oxygens (including phenoxy) is 1. The number of carbonyl (C=O) groups excluding carboxylic acids is 1. The molecule has 0 aliphatic carbocycles. The Labute approximate surface area is 110 Å². The highest BCUT2D eigenvalue weighted by atomic mass is 35.5. The molecule has 2 rings (SSSR count). The normalized spacial score (nSPS) is 10.6. The minimum Gasteiger partial charge on any atom is -0.478 e. The van der Waals surface area contributed by atoms with Crippen molar-refractivity contribution in [3.63, 3.8) is 0 Å². The number of aromatic amines is 1. The molecule has 0 unspecified atom stereocenters. The van der Waals surface area contributed by atoms with Crippen molar-refractivity contribution >= 4 is 28.4 Å². The standard InChI is InChI=1S/C13H15ClN2O2/c1-9(17)15-5-4-10-7-16-13-3-2-11(18-8-14)6-12(10)13/h2-3,6-7,16H,4-5,8H2,1H3,(H,15,17). The van der Waals surface area contributed by atoms with Crippen molar-refractivity contribution in [2.75, 3.05) is 12.6 Å². The number of halogens is 1. The van der Waals surface area contributed by atoms with E-state index in [1.807, 2.05) is 24.4 Å². The molecule has 96 valence electrons. The maximum Gasteiger partial charge on any atom is 0.216 e. The predicted octanol–water partition coefficient (Wildman–Crippen LogP) is 2.42. The van der Waals surface area contributed by atoms with E-state index in [1.165, 1.54) is 6.92 Å². The smallest absolute Gasteiger partial charge is 0.216 e. The average molecular weight is 267 g/mol. The summed E-state index contributed by atoms with van der Waals surface area (Å²) in [4.78, 5) is 14.0. The van der Waals surface area contributed by atoms with Gasteiger partial charge in [-0.3, -0.25) is 4.79 Å². The third-order valence-electron chi connectivity index (χ3n) is 2.73. The highest BCUT2D eigenvalue weighted by Gasteiger charge is 2.05. The molecule has 1 amide bonds. The average Bonchev–Trinajstić information content (AvgIpc) is 2.72. The van der Waals surface area contributed by atoms with Gasteiger partial charge >= 0.3 is 0 Å². The van der Waals surface area contributed by atoms with Gasteiger partial charge in [0.2, 0.25) is 5.91 Å². The van der Waals surface area contributed by atoms with Gasteiger partial charge in [-0.2, -0.15) is 0 Å². The number of fused-ring (bicyclic) bond motifs is 1. The fraction of sp³-hybridized carbons (Fsp3) is 0.308. The first-order valence-electron chi connectivity index (χ1n) is 5.74. The Balaban J connectivity index is 2.16. The summed E-state index contributed by atoms with van der Waals surface area (Å²) in [7, 11) is 0. The topological polar surface area (TPSA) is 54.1 Å². The Hall–Kier alpha value is -1.68. The second-order valence-corrected chi connectivity index (χ2v) is 4.23. The minimum absolute atomic E-state index is 0.0130. The van der Waals surface area contributed by atoms with Crippen LogP contribution in [0.2, 0.25) is 0 Å². The lowest BCUT2D eigenvalue weighted by atomic mass is 10.1. The number of H-pyrrole nitrogens is 1. The molecule has 1 heterocycles. The van der Waals surface area contributed by atoms with E-state index >= 15 is 0 Å². The Morgan fingerprint density at radius 2 is 2.33 bits per heavy atom. The monoisotopic (exact) mass is 266 g/mol. The van der Waals surface area contributed by atoms with Crippen molar-refractivity contribution in [2.24, 2.45) is 0 Å². The number of rotatable bonds is 5. The third kappa shape index (κ3) is 2.96. The molecule has 5 heteroatoms. The molecule has 0 atom stereocenters. The maximum atomic E-state index is 10.8. The van der Waals surface area contributed by atoms with Crippen LogP contribution < -0.4 is 10.1 Å². The summed E-state index contributed by atoms with van der Waals surface area (Å²) in [5, 5.41) is 3.88. The van der Waals surface area contributed by atoms with Gasteiger partial charge in [0.15, 0.2) is 6.07 Å². The number of aromatic nitrogens is 1. The van der Waals surface area contributed by atoms with Crippen LogP contribution in [0.3, 0.4) is 0 Å². The molecule has 0 aliphatic heterocycles. The van der Waals surface area contributed by atoms with Gasteiger partial charge in [-0.05, 0) is 30.2 Å². The number of hydrogen-bond donors (Lipinski definition) is 2. The molecule has 0 bridgehead atoms. The molecule has 1 aromatic carbocycles. The van der Waals surface area contributed by atoms with Crippen LogP contribution in [-0.2, 0) is 11.2 Å². The Morgan fingerprint density at radius 1 is 1.50 bits per heavy atom. The van der Waals surface area contributed by atoms with E-state index in [-0.39, 0.29) is 12.0 Å². The number of amides is 1. The first-order chi connectivity index (χ1) is 8.70. The molecule has 18 heavy (non-hydrogen) atoms. The van der Waals surface area contributed by atoms with Crippen molar-refractivity contribution in [3.8, 4) is 5.75 Å². The highest BCUT2D eigenvalue weighted by molar-refractivity contribution is 6.17.